The van der Waals surface area contributed by atoms with Crippen LogP contribution in [-0.4, -0.2) is 6.54 Å². The molecule has 20 heavy (non-hydrogen) atoms. The normalized spacial score (nSPS) is 11.8. The van der Waals surface area contributed by atoms with Crippen LogP contribution in [0.15, 0.2) is 36.4 Å². The zero-order valence-corrected chi connectivity index (χ0v) is 13.2. The highest BCUT2D eigenvalue weighted by molar-refractivity contribution is 7.12. The highest BCUT2D eigenvalue weighted by Crippen LogP contribution is 2.29. The maximum atomic E-state index is 12.8. The van der Waals surface area contributed by atoms with E-state index < -0.39 is 0 Å². The zero-order chi connectivity index (χ0) is 14.6. The molecule has 0 amide bonds. The molecule has 0 fully saturated rings. The van der Waals surface area contributed by atoms with Gasteiger partial charge in [-0.15, -0.1) is 11.3 Å². The van der Waals surface area contributed by atoms with E-state index in [1.165, 1.54) is 27.5 Å². The van der Waals surface area contributed by atoms with Gasteiger partial charge in [0.25, 0.3) is 0 Å². The lowest BCUT2D eigenvalue weighted by atomic mass is 9.95. The Bertz CT molecular complexity index is 537. The quantitative estimate of drug-likeness (QED) is 0.799. The van der Waals surface area contributed by atoms with Gasteiger partial charge in [-0.3, -0.25) is 0 Å². The van der Waals surface area contributed by atoms with Crippen LogP contribution in [-0.2, 0) is 18.4 Å². The predicted molar refractivity (Wildman–Crippen MR) is 84.8 cm³/mol. The number of thiophene rings is 1. The van der Waals surface area contributed by atoms with Crippen molar-refractivity contribution in [1.82, 2.24) is 5.32 Å². The molecule has 3 heteroatoms. The van der Waals surface area contributed by atoms with Gasteiger partial charge in [-0.1, -0.05) is 32.9 Å². The fourth-order valence-electron chi connectivity index (χ4n) is 1.97. The summed E-state index contributed by atoms with van der Waals surface area (Å²) in [5, 5.41) is 3.45. The second-order valence-electron chi connectivity index (χ2n) is 6.07. The van der Waals surface area contributed by atoms with E-state index in [0.717, 1.165) is 19.5 Å². The smallest absolute Gasteiger partial charge is 0.123 e. The Morgan fingerprint density at radius 3 is 2.35 bits per heavy atom. The van der Waals surface area contributed by atoms with E-state index in [-0.39, 0.29) is 11.2 Å². The fraction of sp³-hybridized carbons (Fsp3) is 0.412. The maximum absolute atomic E-state index is 12.8. The summed E-state index contributed by atoms with van der Waals surface area (Å²) >= 11 is 1.88. The summed E-state index contributed by atoms with van der Waals surface area (Å²) in [6, 6.07) is 11.2. The monoisotopic (exact) mass is 291 g/mol. The van der Waals surface area contributed by atoms with Gasteiger partial charge in [-0.05, 0) is 48.2 Å². The highest BCUT2D eigenvalue weighted by atomic mass is 32.1. The topological polar surface area (TPSA) is 12.0 Å². The van der Waals surface area contributed by atoms with Crippen LogP contribution in [0.3, 0.4) is 0 Å². The van der Waals surface area contributed by atoms with Crippen LogP contribution in [0.5, 0.6) is 0 Å². The molecule has 2 aromatic rings. The van der Waals surface area contributed by atoms with Gasteiger partial charge in [0.1, 0.15) is 5.82 Å². The van der Waals surface area contributed by atoms with E-state index in [1.807, 2.05) is 23.5 Å². The summed E-state index contributed by atoms with van der Waals surface area (Å²) < 4.78 is 12.8. The minimum Gasteiger partial charge on any atom is -0.312 e. The van der Waals surface area contributed by atoms with E-state index in [1.54, 1.807) is 0 Å². The van der Waals surface area contributed by atoms with E-state index >= 15 is 0 Å². The third-order valence-electron chi connectivity index (χ3n) is 3.20. The van der Waals surface area contributed by atoms with Gasteiger partial charge < -0.3 is 5.32 Å². The third-order valence-corrected chi connectivity index (χ3v) is 4.71. The summed E-state index contributed by atoms with van der Waals surface area (Å²) in [4.78, 5) is 2.79. The van der Waals surface area contributed by atoms with Crippen LogP contribution in [0, 0.1) is 5.82 Å². The molecule has 1 aromatic heterocycles. The van der Waals surface area contributed by atoms with E-state index in [4.69, 9.17) is 0 Å². The summed E-state index contributed by atoms with van der Waals surface area (Å²) in [7, 11) is 0. The molecule has 108 valence electrons. The lowest BCUT2D eigenvalue weighted by Gasteiger charge is -2.15. The van der Waals surface area contributed by atoms with Gasteiger partial charge in [0.2, 0.25) is 0 Å². The Morgan fingerprint density at radius 2 is 1.75 bits per heavy atom. The molecule has 0 saturated carbocycles. The zero-order valence-electron chi connectivity index (χ0n) is 12.4. The first kappa shape index (κ1) is 15.2. The van der Waals surface area contributed by atoms with Gasteiger partial charge >= 0.3 is 0 Å². The first-order valence-electron chi connectivity index (χ1n) is 6.99. The average Bonchev–Trinajstić information content (AvgIpc) is 2.85. The first-order chi connectivity index (χ1) is 9.45. The summed E-state index contributed by atoms with van der Waals surface area (Å²) in [5.74, 6) is -0.171. The SMILES string of the molecule is CC(C)(C)c1ccc(CNCCc2ccc(F)cc2)s1. The minimum atomic E-state index is -0.171. The van der Waals surface area contributed by atoms with Crippen molar-refractivity contribution < 1.29 is 4.39 Å². The van der Waals surface area contributed by atoms with Crippen molar-refractivity contribution in [1.29, 1.82) is 0 Å². The molecule has 0 aliphatic carbocycles. The number of rotatable bonds is 5. The van der Waals surface area contributed by atoms with Crippen LogP contribution in [0.2, 0.25) is 0 Å². The number of benzene rings is 1. The first-order valence-corrected chi connectivity index (χ1v) is 7.81. The molecule has 0 atom stereocenters. The van der Waals surface area contributed by atoms with Crippen molar-refractivity contribution in [2.24, 2.45) is 0 Å². The van der Waals surface area contributed by atoms with Crippen molar-refractivity contribution in [3.05, 3.63) is 57.5 Å². The lowest BCUT2D eigenvalue weighted by Crippen LogP contribution is -2.16. The van der Waals surface area contributed by atoms with Gasteiger partial charge in [-0.2, -0.15) is 0 Å². The largest absolute Gasteiger partial charge is 0.312 e. The minimum absolute atomic E-state index is 0.171. The Labute approximate surface area is 124 Å². The second kappa shape index (κ2) is 6.51. The standard InChI is InChI=1S/C17H22FNS/c1-17(2,3)16-9-8-15(20-16)12-19-11-10-13-4-6-14(18)7-5-13/h4-9,19H,10-12H2,1-3H3. The van der Waals surface area contributed by atoms with Crippen LogP contribution in [0.1, 0.15) is 36.1 Å². The van der Waals surface area contributed by atoms with Crippen molar-refractivity contribution in [2.75, 3.05) is 6.54 Å². The Morgan fingerprint density at radius 1 is 1.05 bits per heavy atom. The Hall–Kier alpha value is -1.19. The van der Waals surface area contributed by atoms with E-state index in [9.17, 15) is 4.39 Å². The number of hydrogen-bond acceptors (Lipinski definition) is 2. The average molecular weight is 291 g/mol. The lowest BCUT2D eigenvalue weighted by molar-refractivity contribution is 0.604. The molecular weight excluding hydrogens is 269 g/mol. The van der Waals surface area contributed by atoms with Crippen LogP contribution in [0.25, 0.3) is 0 Å². The summed E-state index contributed by atoms with van der Waals surface area (Å²) in [6.45, 7) is 8.54. The number of hydrogen-bond donors (Lipinski definition) is 1. The predicted octanol–water partition coefficient (Wildman–Crippen LogP) is 4.52. The van der Waals surface area contributed by atoms with Crippen molar-refractivity contribution in [3.63, 3.8) is 0 Å². The third kappa shape index (κ3) is 4.43. The molecule has 1 N–H and O–H groups in total. The molecule has 0 bridgehead atoms. The maximum Gasteiger partial charge on any atom is 0.123 e. The van der Waals surface area contributed by atoms with Crippen LogP contribution < -0.4 is 5.32 Å². The van der Waals surface area contributed by atoms with Crippen molar-refractivity contribution >= 4 is 11.3 Å². The molecule has 1 nitrogen and oxygen atoms in total. The molecular formula is C17H22FNS. The molecule has 0 spiro atoms. The Kier molecular flexibility index (Phi) is 4.95. The second-order valence-corrected chi connectivity index (χ2v) is 7.24. The van der Waals surface area contributed by atoms with E-state index in [2.05, 4.69) is 38.2 Å². The van der Waals surface area contributed by atoms with Gasteiger partial charge in [-0.25, -0.2) is 4.39 Å². The highest BCUT2D eigenvalue weighted by Gasteiger charge is 2.15. The van der Waals surface area contributed by atoms with Crippen molar-refractivity contribution in [3.8, 4) is 0 Å². The van der Waals surface area contributed by atoms with E-state index in [0.29, 0.717) is 0 Å². The van der Waals surface area contributed by atoms with Gasteiger partial charge in [0.15, 0.2) is 0 Å². The fourth-order valence-corrected chi connectivity index (χ4v) is 3.01. The van der Waals surface area contributed by atoms with Crippen LogP contribution >= 0.6 is 11.3 Å². The number of nitrogens with one attached hydrogen (secondary N) is 1. The van der Waals surface area contributed by atoms with Crippen molar-refractivity contribution in [2.45, 2.75) is 39.2 Å². The van der Waals surface area contributed by atoms with Gasteiger partial charge in [0.05, 0.1) is 0 Å². The molecule has 1 heterocycles. The Balaban J connectivity index is 1.76. The molecule has 0 radical (unpaired) electrons. The summed E-state index contributed by atoms with van der Waals surface area (Å²) in [6.07, 6.45) is 0.928. The van der Waals surface area contributed by atoms with Gasteiger partial charge in [0, 0.05) is 16.3 Å². The number of halogens is 1. The molecule has 1 aromatic carbocycles. The molecule has 0 unspecified atom stereocenters. The van der Waals surface area contributed by atoms with Crippen LogP contribution in [0.4, 0.5) is 4.39 Å². The molecule has 2 rings (SSSR count). The molecule has 0 saturated heterocycles. The molecule has 0 aliphatic rings. The summed E-state index contributed by atoms with van der Waals surface area (Å²) in [5.41, 5.74) is 1.40. The molecule has 0 aliphatic heterocycles.